The quantitative estimate of drug-likeness (QED) is 0.724. The zero-order chi connectivity index (χ0) is 17.3. The van der Waals surface area contributed by atoms with E-state index < -0.39 is 17.5 Å². The number of hydrogen-bond acceptors (Lipinski definition) is 3. The highest BCUT2D eigenvalue weighted by Gasteiger charge is 2.33. The lowest BCUT2D eigenvalue weighted by Gasteiger charge is -2.39. The van der Waals surface area contributed by atoms with Crippen molar-refractivity contribution in [3.63, 3.8) is 0 Å². The lowest BCUT2D eigenvalue weighted by atomic mass is 9.77. The highest BCUT2D eigenvalue weighted by Crippen LogP contribution is 2.49. The fraction of sp³-hybridized carbons (Fsp3) is 0.294. The molecule has 2 N–H and O–H groups in total. The largest absolute Gasteiger partial charge is 0.504 e. The van der Waals surface area contributed by atoms with Crippen LogP contribution in [0.15, 0.2) is 30.2 Å². The molecule has 0 radical (unpaired) electrons. The van der Waals surface area contributed by atoms with Crippen LogP contribution in [0.5, 0.6) is 11.5 Å². The topological polar surface area (TPSA) is 43.7 Å². The lowest BCUT2D eigenvalue weighted by molar-refractivity contribution is 0.228. The molecule has 4 rings (SSSR count). The summed E-state index contributed by atoms with van der Waals surface area (Å²) in [5, 5.41) is 20.4. The first-order valence-corrected chi connectivity index (χ1v) is 6.70. The van der Waals surface area contributed by atoms with Crippen molar-refractivity contribution in [1.82, 2.24) is 4.90 Å². The minimum Gasteiger partial charge on any atom is -0.504 e. The van der Waals surface area contributed by atoms with Crippen molar-refractivity contribution in [2.45, 2.75) is 18.9 Å². The first-order valence-electron chi connectivity index (χ1n) is 8.70. The van der Waals surface area contributed by atoms with Crippen molar-refractivity contribution in [1.29, 1.82) is 0 Å². The van der Waals surface area contributed by atoms with Gasteiger partial charge in [0.1, 0.15) is 0 Å². The molecule has 0 unspecified atom stereocenters. The molecule has 2 aromatic carbocycles. The molecule has 0 amide bonds. The number of likely N-dealkylation sites (N-methyl/N-ethyl adjacent to an activating group) is 1. The third-order valence-corrected chi connectivity index (χ3v) is 4.38. The molecule has 20 heavy (non-hydrogen) atoms. The molecule has 0 aromatic heterocycles. The van der Waals surface area contributed by atoms with Crippen LogP contribution in [0.1, 0.15) is 28.2 Å². The number of hydrogen-bond donors (Lipinski definition) is 2. The van der Waals surface area contributed by atoms with Gasteiger partial charge >= 0.3 is 0 Å². The molecule has 0 fully saturated rings. The molecular formula is C17H17NO2. The first kappa shape index (κ1) is 8.32. The zero-order valence-corrected chi connectivity index (χ0v) is 11.1. The van der Waals surface area contributed by atoms with Crippen molar-refractivity contribution in [2.75, 3.05) is 13.6 Å². The smallest absolute Gasteiger partial charge is 0.165 e. The SMILES string of the molecule is [2H]c1cc([2H])c2c3c1CCN(C)[C@@H]3Cc1c([2H])c([2H])c(O)c(O)c1-2. The van der Waals surface area contributed by atoms with Gasteiger partial charge in [-0.25, -0.2) is 0 Å². The molecule has 102 valence electrons. The second kappa shape index (κ2) is 4.00. The van der Waals surface area contributed by atoms with Crippen molar-refractivity contribution < 1.29 is 15.7 Å². The van der Waals surface area contributed by atoms with Gasteiger partial charge in [0.15, 0.2) is 11.5 Å². The van der Waals surface area contributed by atoms with Crippen molar-refractivity contribution in [3.05, 3.63) is 46.9 Å². The predicted molar refractivity (Wildman–Crippen MR) is 78.0 cm³/mol. The summed E-state index contributed by atoms with van der Waals surface area (Å²) in [5.74, 6) is -1.06. The Morgan fingerprint density at radius 1 is 1.20 bits per heavy atom. The molecule has 1 aliphatic heterocycles. The van der Waals surface area contributed by atoms with Crippen LogP contribution in [0.2, 0.25) is 0 Å². The van der Waals surface area contributed by atoms with Gasteiger partial charge in [-0.05, 0) is 48.2 Å². The van der Waals surface area contributed by atoms with Gasteiger partial charge in [-0.1, -0.05) is 24.2 Å². The van der Waals surface area contributed by atoms with Crippen LogP contribution in [0.25, 0.3) is 11.1 Å². The highest BCUT2D eigenvalue weighted by molar-refractivity contribution is 5.82. The Morgan fingerprint density at radius 2 is 2.05 bits per heavy atom. The Hall–Kier alpha value is -2.00. The summed E-state index contributed by atoms with van der Waals surface area (Å²) < 4.78 is 32.5. The van der Waals surface area contributed by atoms with E-state index in [0.29, 0.717) is 30.0 Å². The predicted octanol–water partition coefficient (Wildman–Crippen LogP) is 2.85. The summed E-state index contributed by atoms with van der Waals surface area (Å²) in [7, 11) is 1.97. The Morgan fingerprint density at radius 3 is 2.90 bits per heavy atom. The van der Waals surface area contributed by atoms with Crippen molar-refractivity contribution in [2.24, 2.45) is 0 Å². The number of rotatable bonds is 0. The fourth-order valence-electron chi connectivity index (χ4n) is 3.34. The first-order chi connectivity index (χ1) is 11.3. The van der Waals surface area contributed by atoms with E-state index in [2.05, 4.69) is 4.90 Å². The third kappa shape index (κ3) is 1.44. The Labute approximate surface area is 123 Å². The van der Waals surface area contributed by atoms with Gasteiger partial charge in [0, 0.05) is 18.2 Å². The summed E-state index contributed by atoms with van der Waals surface area (Å²) in [5.41, 5.74) is 2.97. The monoisotopic (exact) mass is 271 g/mol. The number of phenols is 2. The average molecular weight is 271 g/mol. The fourth-order valence-corrected chi connectivity index (χ4v) is 3.34. The van der Waals surface area contributed by atoms with Crippen LogP contribution in [0, 0.1) is 0 Å². The Bertz CT molecular complexity index is 897. The molecular weight excluding hydrogens is 250 g/mol. The minimum absolute atomic E-state index is 0.0851. The van der Waals surface area contributed by atoms with E-state index in [9.17, 15) is 10.2 Å². The number of fused-ring (bicyclic) bond motifs is 2. The minimum atomic E-state index is -0.621. The molecule has 1 heterocycles. The van der Waals surface area contributed by atoms with Crippen LogP contribution < -0.4 is 0 Å². The van der Waals surface area contributed by atoms with E-state index in [0.717, 1.165) is 17.7 Å². The maximum Gasteiger partial charge on any atom is 0.165 e. The molecule has 3 heteroatoms. The molecule has 0 bridgehead atoms. The van der Waals surface area contributed by atoms with Gasteiger partial charge in [-0.2, -0.15) is 0 Å². The summed E-state index contributed by atoms with van der Waals surface area (Å²) in [6, 6.07) is 1.30. The molecule has 0 spiro atoms. The van der Waals surface area contributed by atoms with Crippen LogP contribution in [0.3, 0.4) is 0 Å². The zero-order valence-electron chi connectivity index (χ0n) is 15.1. The van der Waals surface area contributed by atoms with Gasteiger partial charge in [-0.3, -0.25) is 4.90 Å². The molecule has 0 saturated heterocycles. The molecule has 2 aromatic rings. The van der Waals surface area contributed by atoms with E-state index in [4.69, 9.17) is 5.48 Å². The number of nitrogens with zero attached hydrogens (tertiary/aromatic N) is 1. The normalized spacial score (nSPS) is 23.1. The molecule has 0 saturated carbocycles. The van der Waals surface area contributed by atoms with Crippen LogP contribution in [-0.4, -0.2) is 28.7 Å². The maximum absolute atomic E-state index is 10.4. The number of aromatic hydroxyl groups is 2. The second-order valence-corrected chi connectivity index (χ2v) is 5.45. The van der Waals surface area contributed by atoms with E-state index >= 15 is 0 Å². The van der Waals surface area contributed by atoms with Crippen LogP contribution in [-0.2, 0) is 12.8 Å². The summed E-state index contributed by atoms with van der Waals surface area (Å²) in [4.78, 5) is 2.13. The standard InChI is InChI=1S/C17H17NO2/c1-18-8-7-10-3-2-4-12-15(10)13(18)9-11-5-6-14(19)17(20)16(11)12/h2-6,13,19-20H,7-9H2,1H3/t13-/m1/s1/i3D,4D,5D,6D. The van der Waals surface area contributed by atoms with E-state index in [1.165, 1.54) is 6.07 Å². The second-order valence-electron chi connectivity index (χ2n) is 5.45. The summed E-state index contributed by atoms with van der Waals surface area (Å²) in [6.07, 6.45) is 1.12. The van der Waals surface area contributed by atoms with Gasteiger partial charge in [0.25, 0.3) is 0 Å². The third-order valence-electron chi connectivity index (χ3n) is 4.38. The molecule has 1 atom stereocenters. The summed E-state index contributed by atoms with van der Waals surface area (Å²) >= 11 is 0. The summed E-state index contributed by atoms with van der Waals surface area (Å²) in [6.45, 7) is 0.779. The molecule has 3 nitrogen and oxygen atoms in total. The van der Waals surface area contributed by atoms with Gasteiger partial charge in [0.2, 0.25) is 0 Å². The van der Waals surface area contributed by atoms with E-state index in [-0.39, 0.29) is 23.7 Å². The lowest BCUT2D eigenvalue weighted by Crippen LogP contribution is -2.35. The van der Waals surface area contributed by atoms with E-state index in [1.54, 1.807) is 0 Å². The highest BCUT2D eigenvalue weighted by atomic mass is 16.3. The number of phenolic OH excluding ortho intramolecular Hbond substituents is 2. The van der Waals surface area contributed by atoms with E-state index in [1.807, 2.05) is 7.05 Å². The van der Waals surface area contributed by atoms with Crippen LogP contribution in [0.4, 0.5) is 0 Å². The maximum atomic E-state index is 10.4. The molecule has 1 aliphatic carbocycles. The average Bonchev–Trinajstić information content (AvgIpc) is 2.55. The van der Waals surface area contributed by atoms with Crippen molar-refractivity contribution in [3.8, 4) is 22.6 Å². The number of benzene rings is 2. The van der Waals surface area contributed by atoms with Gasteiger partial charge in [-0.15, -0.1) is 0 Å². The Kier molecular flexibility index (Phi) is 1.66. The van der Waals surface area contributed by atoms with Gasteiger partial charge < -0.3 is 10.2 Å². The Balaban J connectivity index is 2.17. The van der Waals surface area contributed by atoms with Crippen molar-refractivity contribution >= 4 is 0 Å². The molecule has 2 aliphatic rings. The van der Waals surface area contributed by atoms with Gasteiger partial charge in [0.05, 0.1) is 5.48 Å². The van der Waals surface area contributed by atoms with Crippen LogP contribution >= 0.6 is 0 Å².